The van der Waals surface area contributed by atoms with Crippen LogP contribution in [-0.4, -0.2) is 42.0 Å². The van der Waals surface area contributed by atoms with Crippen LogP contribution in [0.5, 0.6) is 0 Å². The lowest BCUT2D eigenvalue weighted by Gasteiger charge is -2.39. The molecule has 1 aliphatic carbocycles. The summed E-state index contributed by atoms with van der Waals surface area (Å²) in [6.45, 7) is 6.15. The van der Waals surface area contributed by atoms with E-state index >= 15 is 0 Å². The van der Waals surface area contributed by atoms with Crippen molar-refractivity contribution in [3.63, 3.8) is 0 Å². The minimum absolute atomic E-state index is 0.0119. The van der Waals surface area contributed by atoms with Gasteiger partial charge in [0.05, 0.1) is 6.04 Å². The molecule has 1 amide bonds. The highest BCUT2D eigenvalue weighted by molar-refractivity contribution is 5.81. The molecule has 0 aromatic carbocycles. The van der Waals surface area contributed by atoms with Gasteiger partial charge in [-0.1, -0.05) is 26.2 Å². The molecule has 3 N–H and O–H groups in total. The van der Waals surface area contributed by atoms with Gasteiger partial charge in [0, 0.05) is 25.2 Å². The van der Waals surface area contributed by atoms with Crippen LogP contribution in [0.15, 0.2) is 0 Å². The Morgan fingerprint density at radius 3 is 2.68 bits per heavy atom. The van der Waals surface area contributed by atoms with Crippen LogP contribution in [0, 0.1) is 5.92 Å². The summed E-state index contributed by atoms with van der Waals surface area (Å²) >= 11 is 0. The summed E-state index contributed by atoms with van der Waals surface area (Å²) in [7, 11) is 0. The van der Waals surface area contributed by atoms with Crippen LogP contribution >= 0.6 is 0 Å². The minimum Gasteiger partial charge on any atom is -0.352 e. The van der Waals surface area contributed by atoms with E-state index in [9.17, 15) is 4.79 Å². The van der Waals surface area contributed by atoms with E-state index in [-0.39, 0.29) is 11.9 Å². The lowest BCUT2D eigenvalue weighted by atomic mass is 9.90. The molecule has 2 fully saturated rings. The molecule has 3 atom stereocenters. The predicted octanol–water partition coefficient (Wildman–Crippen LogP) is 1.49. The number of amides is 1. The lowest BCUT2D eigenvalue weighted by Crippen LogP contribution is -2.54. The van der Waals surface area contributed by atoms with Crippen molar-refractivity contribution in [1.82, 2.24) is 10.2 Å². The van der Waals surface area contributed by atoms with Gasteiger partial charge in [-0.05, 0) is 32.1 Å². The Hall–Kier alpha value is -0.610. The number of carbonyl (C=O) groups excluding carboxylic acids is 1. The molecular formula is C15H29N3O. The number of hydrogen-bond donors (Lipinski definition) is 2. The van der Waals surface area contributed by atoms with Crippen molar-refractivity contribution in [3.05, 3.63) is 0 Å². The summed E-state index contributed by atoms with van der Waals surface area (Å²) < 4.78 is 0. The highest BCUT2D eigenvalue weighted by atomic mass is 16.2. The zero-order valence-electron chi connectivity index (χ0n) is 12.4. The summed E-state index contributed by atoms with van der Waals surface area (Å²) in [6.07, 6.45) is 6.95. The van der Waals surface area contributed by atoms with E-state index in [1.165, 1.54) is 12.8 Å². The second kappa shape index (κ2) is 6.71. The Morgan fingerprint density at radius 1 is 1.37 bits per heavy atom. The smallest absolute Gasteiger partial charge is 0.237 e. The summed E-state index contributed by atoms with van der Waals surface area (Å²) in [5.41, 5.74) is 6.13. The fourth-order valence-corrected chi connectivity index (χ4v) is 3.42. The molecule has 0 aromatic heterocycles. The van der Waals surface area contributed by atoms with Gasteiger partial charge < -0.3 is 11.1 Å². The van der Waals surface area contributed by atoms with E-state index < -0.39 is 0 Å². The van der Waals surface area contributed by atoms with Gasteiger partial charge in [-0.25, -0.2) is 0 Å². The second-order valence-electron chi connectivity index (χ2n) is 6.28. The van der Waals surface area contributed by atoms with E-state index in [1.54, 1.807) is 0 Å². The first-order valence-corrected chi connectivity index (χ1v) is 7.91. The molecule has 1 saturated carbocycles. The number of rotatable bonds is 4. The molecule has 1 aliphatic heterocycles. The molecule has 1 saturated heterocycles. The number of nitrogens with one attached hydrogen (secondary N) is 1. The number of hydrogen-bond acceptors (Lipinski definition) is 3. The van der Waals surface area contributed by atoms with Crippen LogP contribution < -0.4 is 11.1 Å². The topological polar surface area (TPSA) is 58.4 Å². The highest BCUT2D eigenvalue weighted by Gasteiger charge is 2.31. The monoisotopic (exact) mass is 267 g/mol. The SMILES string of the molecule is CCC1CN(C(C)C(=O)NC2CCCC2)CCC1N. The van der Waals surface area contributed by atoms with Crippen molar-refractivity contribution in [2.24, 2.45) is 11.7 Å². The Labute approximate surface area is 117 Å². The average Bonchev–Trinajstić information content (AvgIpc) is 2.91. The van der Waals surface area contributed by atoms with E-state index in [2.05, 4.69) is 17.1 Å². The number of piperidine rings is 1. The first-order valence-electron chi connectivity index (χ1n) is 7.91. The van der Waals surface area contributed by atoms with Crippen molar-refractivity contribution in [2.45, 2.75) is 70.5 Å². The maximum atomic E-state index is 12.3. The molecule has 19 heavy (non-hydrogen) atoms. The van der Waals surface area contributed by atoms with Crippen LogP contribution in [0.25, 0.3) is 0 Å². The van der Waals surface area contributed by atoms with Gasteiger partial charge in [0.1, 0.15) is 0 Å². The number of nitrogens with zero attached hydrogens (tertiary/aromatic N) is 1. The van der Waals surface area contributed by atoms with Gasteiger partial charge in [0.25, 0.3) is 0 Å². The number of carbonyl (C=O) groups is 1. The molecule has 2 rings (SSSR count). The van der Waals surface area contributed by atoms with Crippen molar-refractivity contribution in [1.29, 1.82) is 0 Å². The summed E-state index contributed by atoms with van der Waals surface area (Å²) in [5.74, 6) is 0.743. The number of likely N-dealkylation sites (tertiary alicyclic amines) is 1. The molecule has 3 unspecified atom stereocenters. The van der Waals surface area contributed by atoms with Crippen molar-refractivity contribution in [3.8, 4) is 0 Å². The molecule has 4 heteroatoms. The third-order valence-electron chi connectivity index (χ3n) is 4.98. The molecule has 0 spiro atoms. The van der Waals surface area contributed by atoms with Gasteiger partial charge in [0.2, 0.25) is 5.91 Å². The molecule has 0 radical (unpaired) electrons. The normalized spacial score (nSPS) is 31.3. The first-order chi connectivity index (χ1) is 9.11. The molecule has 0 bridgehead atoms. The highest BCUT2D eigenvalue weighted by Crippen LogP contribution is 2.21. The third-order valence-corrected chi connectivity index (χ3v) is 4.98. The fraction of sp³-hybridized carbons (Fsp3) is 0.933. The van der Waals surface area contributed by atoms with E-state index in [0.717, 1.165) is 38.8 Å². The van der Waals surface area contributed by atoms with E-state index in [1.807, 2.05) is 6.92 Å². The summed E-state index contributed by atoms with van der Waals surface area (Å²) in [6, 6.07) is 0.720. The summed E-state index contributed by atoms with van der Waals surface area (Å²) in [5, 5.41) is 3.21. The maximum Gasteiger partial charge on any atom is 0.237 e. The van der Waals surface area contributed by atoms with Gasteiger partial charge in [0.15, 0.2) is 0 Å². The second-order valence-corrected chi connectivity index (χ2v) is 6.28. The van der Waals surface area contributed by atoms with Gasteiger partial charge in [-0.15, -0.1) is 0 Å². The Bertz CT molecular complexity index is 302. The van der Waals surface area contributed by atoms with Crippen LogP contribution in [0.4, 0.5) is 0 Å². The molecule has 0 aromatic rings. The van der Waals surface area contributed by atoms with Crippen molar-refractivity contribution in [2.75, 3.05) is 13.1 Å². The zero-order chi connectivity index (χ0) is 13.8. The van der Waals surface area contributed by atoms with E-state index in [4.69, 9.17) is 5.73 Å². The molecule has 2 aliphatic rings. The Kier molecular flexibility index (Phi) is 5.22. The molecule has 110 valence electrons. The standard InChI is InChI=1S/C15H29N3O/c1-3-12-10-18(9-8-14(12)16)11(2)15(19)17-13-6-4-5-7-13/h11-14H,3-10,16H2,1-2H3,(H,17,19). The van der Waals surface area contributed by atoms with Crippen LogP contribution in [0.1, 0.15) is 52.4 Å². The first kappa shape index (κ1) is 14.8. The van der Waals surface area contributed by atoms with Crippen LogP contribution in [0.3, 0.4) is 0 Å². The summed E-state index contributed by atoms with van der Waals surface area (Å²) in [4.78, 5) is 14.6. The zero-order valence-corrected chi connectivity index (χ0v) is 12.4. The van der Waals surface area contributed by atoms with Crippen LogP contribution in [-0.2, 0) is 4.79 Å². The fourth-order valence-electron chi connectivity index (χ4n) is 3.42. The quantitative estimate of drug-likeness (QED) is 0.811. The lowest BCUT2D eigenvalue weighted by molar-refractivity contribution is -0.127. The molecule has 4 nitrogen and oxygen atoms in total. The molecular weight excluding hydrogens is 238 g/mol. The third kappa shape index (κ3) is 3.69. The average molecular weight is 267 g/mol. The Balaban J connectivity index is 1.84. The van der Waals surface area contributed by atoms with Crippen molar-refractivity contribution < 1.29 is 4.79 Å². The number of nitrogens with two attached hydrogens (primary N) is 1. The van der Waals surface area contributed by atoms with Gasteiger partial charge in [-0.2, -0.15) is 0 Å². The largest absolute Gasteiger partial charge is 0.352 e. The maximum absolute atomic E-state index is 12.3. The Morgan fingerprint density at radius 2 is 2.05 bits per heavy atom. The van der Waals surface area contributed by atoms with Gasteiger partial charge in [-0.3, -0.25) is 9.69 Å². The van der Waals surface area contributed by atoms with Crippen molar-refractivity contribution >= 4 is 5.91 Å². The van der Waals surface area contributed by atoms with Crippen LogP contribution in [0.2, 0.25) is 0 Å². The van der Waals surface area contributed by atoms with Gasteiger partial charge >= 0.3 is 0 Å². The predicted molar refractivity (Wildman–Crippen MR) is 77.8 cm³/mol. The molecule has 1 heterocycles. The van der Waals surface area contributed by atoms with E-state index in [0.29, 0.717) is 18.0 Å². The minimum atomic E-state index is -0.0119.